The van der Waals surface area contributed by atoms with Gasteiger partial charge in [-0.25, -0.2) is 0 Å². The molecule has 1 saturated heterocycles. The molecular weight excluding hydrogens is 226 g/mol. The van der Waals surface area contributed by atoms with Gasteiger partial charge in [0.2, 0.25) is 0 Å². The van der Waals surface area contributed by atoms with Gasteiger partial charge in [-0.15, -0.1) is 0 Å². The molecule has 0 aromatic carbocycles. The van der Waals surface area contributed by atoms with Crippen LogP contribution in [0.2, 0.25) is 0 Å². The molecule has 3 nitrogen and oxygen atoms in total. The molecule has 1 saturated carbocycles. The molecule has 1 aliphatic heterocycles. The highest BCUT2D eigenvalue weighted by atomic mass is 16.5. The Morgan fingerprint density at radius 1 is 1.44 bits per heavy atom. The zero-order valence-corrected chi connectivity index (χ0v) is 12.0. The summed E-state index contributed by atoms with van der Waals surface area (Å²) in [5.74, 6) is 0.599. The number of rotatable bonds is 3. The van der Waals surface area contributed by atoms with Crippen molar-refractivity contribution in [2.24, 2.45) is 11.3 Å². The summed E-state index contributed by atoms with van der Waals surface area (Å²) in [6.07, 6.45) is 6.52. The minimum Gasteiger partial charge on any atom is -0.381 e. The highest BCUT2D eigenvalue weighted by Crippen LogP contribution is 2.53. The summed E-state index contributed by atoms with van der Waals surface area (Å²) in [7, 11) is 1.81. The van der Waals surface area contributed by atoms with Crippen LogP contribution in [-0.2, 0) is 9.53 Å². The molecule has 102 valence electrons. The minimum atomic E-state index is 0.0821. The van der Waals surface area contributed by atoms with Crippen LogP contribution in [0.1, 0.15) is 40.0 Å². The molecule has 0 spiro atoms. The maximum Gasteiger partial charge on any atom is 0.144 e. The smallest absolute Gasteiger partial charge is 0.144 e. The van der Waals surface area contributed by atoms with Crippen LogP contribution in [0, 0.1) is 11.3 Å². The number of aldehydes is 1. The van der Waals surface area contributed by atoms with E-state index in [1.807, 2.05) is 7.11 Å². The fourth-order valence-electron chi connectivity index (χ4n) is 4.00. The molecule has 2 aliphatic rings. The number of ether oxygens (including phenoxy) is 1. The quantitative estimate of drug-likeness (QED) is 0.570. The monoisotopic (exact) mass is 251 g/mol. The van der Waals surface area contributed by atoms with Gasteiger partial charge in [0.05, 0.1) is 6.10 Å². The number of nitrogens with zero attached hydrogens (tertiary/aromatic N) is 1. The Hall–Kier alpha value is -0.830. The second-order valence-corrected chi connectivity index (χ2v) is 6.04. The lowest BCUT2D eigenvalue weighted by atomic mass is 9.70. The lowest BCUT2D eigenvalue weighted by molar-refractivity contribution is -0.104. The molecule has 0 radical (unpaired) electrons. The Balaban J connectivity index is 2.32. The van der Waals surface area contributed by atoms with Gasteiger partial charge in [-0.05, 0) is 38.2 Å². The number of carbonyl (C=O) groups is 1. The summed E-state index contributed by atoms with van der Waals surface area (Å²) in [6.45, 7) is 7.71. The summed E-state index contributed by atoms with van der Waals surface area (Å²) >= 11 is 0. The second kappa shape index (κ2) is 5.04. The Bertz CT molecular complexity index is 348. The first-order chi connectivity index (χ1) is 8.56. The highest BCUT2D eigenvalue weighted by molar-refractivity contribution is 5.66. The number of carbonyl (C=O) groups excluding carboxylic acids is 1. The van der Waals surface area contributed by atoms with E-state index in [0.717, 1.165) is 25.7 Å². The van der Waals surface area contributed by atoms with Crippen LogP contribution >= 0.6 is 0 Å². The van der Waals surface area contributed by atoms with Crippen molar-refractivity contribution in [2.75, 3.05) is 13.7 Å². The van der Waals surface area contributed by atoms with Gasteiger partial charge in [0.15, 0.2) is 0 Å². The van der Waals surface area contributed by atoms with E-state index in [-0.39, 0.29) is 5.41 Å². The summed E-state index contributed by atoms with van der Waals surface area (Å²) < 4.78 is 5.55. The Kier molecular flexibility index (Phi) is 3.81. The van der Waals surface area contributed by atoms with Gasteiger partial charge in [-0.3, -0.25) is 4.79 Å². The summed E-state index contributed by atoms with van der Waals surface area (Å²) in [5, 5.41) is 0. The van der Waals surface area contributed by atoms with Crippen molar-refractivity contribution in [1.82, 2.24) is 4.90 Å². The van der Waals surface area contributed by atoms with Gasteiger partial charge in [-0.2, -0.15) is 0 Å². The van der Waals surface area contributed by atoms with Crippen molar-refractivity contribution in [3.63, 3.8) is 0 Å². The van der Waals surface area contributed by atoms with E-state index in [9.17, 15) is 4.79 Å². The van der Waals surface area contributed by atoms with Gasteiger partial charge < -0.3 is 9.64 Å². The van der Waals surface area contributed by atoms with Crippen LogP contribution in [0.3, 0.4) is 0 Å². The molecule has 0 bridgehead atoms. The van der Waals surface area contributed by atoms with Crippen LogP contribution in [0.4, 0.5) is 0 Å². The van der Waals surface area contributed by atoms with Crippen LogP contribution in [0.5, 0.6) is 0 Å². The number of likely N-dealkylation sites (tertiary alicyclic amines) is 1. The predicted molar refractivity (Wildman–Crippen MR) is 72.2 cm³/mol. The molecule has 1 aliphatic carbocycles. The van der Waals surface area contributed by atoms with Crippen molar-refractivity contribution in [1.29, 1.82) is 0 Å². The lowest BCUT2D eigenvalue weighted by Crippen LogP contribution is -2.39. The number of hydrogen-bond donors (Lipinski definition) is 0. The summed E-state index contributed by atoms with van der Waals surface area (Å²) in [5.41, 5.74) is 1.30. The van der Waals surface area contributed by atoms with Crippen molar-refractivity contribution >= 4 is 6.29 Å². The third kappa shape index (κ3) is 1.99. The molecule has 1 heterocycles. The van der Waals surface area contributed by atoms with E-state index in [1.54, 1.807) is 6.08 Å². The molecule has 2 rings (SSSR count). The molecule has 3 atom stereocenters. The van der Waals surface area contributed by atoms with Crippen molar-refractivity contribution in [3.8, 4) is 0 Å². The van der Waals surface area contributed by atoms with Crippen LogP contribution in [0.15, 0.2) is 11.8 Å². The van der Waals surface area contributed by atoms with E-state index in [2.05, 4.69) is 25.7 Å². The zero-order valence-electron chi connectivity index (χ0n) is 12.0. The minimum absolute atomic E-state index is 0.0821. The molecule has 3 heteroatoms. The molecular formula is C15H25NO2. The van der Waals surface area contributed by atoms with E-state index in [0.29, 0.717) is 18.1 Å². The molecule has 0 aromatic rings. The average molecular weight is 251 g/mol. The maximum absolute atomic E-state index is 10.9. The normalized spacial score (nSPS) is 36.8. The predicted octanol–water partition coefficient (Wildman–Crippen LogP) is 2.61. The first-order valence-corrected chi connectivity index (χ1v) is 7.01. The van der Waals surface area contributed by atoms with Crippen LogP contribution < -0.4 is 0 Å². The standard InChI is InChI=1S/C15H25NO2/c1-5-16-13-7-6-11(18-4)10-12(13)15(2,3)14(16)8-9-17/h8-9,11-13H,5-7,10H2,1-4H3/b14-8-/t11?,12?,13-/m0/s1. The molecule has 2 unspecified atom stereocenters. The fourth-order valence-corrected chi connectivity index (χ4v) is 4.00. The van der Waals surface area contributed by atoms with Gasteiger partial charge >= 0.3 is 0 Å². The number of allylic oxidation sites excluding steroid dienone is 2. The van der Waals surface area contributed by atoms with Gasteiger partial charge in [0.25, 0.3) is 0 Å². The van der Waals surface area contributed by atoms with Crippen LogP contribution in [-0.4, -0.2) is 37.0 Å². The number of fused-ring (bicyclic) bond motifs is 1. The molecule has 2 fully saturated rings. The van der Waals surface area contributed by atoms with E-state index >= 15 is 0 Å². The van der Waals surface area contributed by atoms with Gasteiger partial charge in [-0.1, -0.05) is 13.8 Å². The topological polar surface area (TPSA) is 29.5 Å². The SMILES string of the molecule is CCN1/C(=C\C=O)C(C)(C)C2CC(OC)CC[C@@H]21. The number of methoxy groups -OCH3 is 1. The van der Waals surface area contributed by atoms with Crippen molar-refractivity contribution in [2.45, 2.75) is 52.2 Å². The van der Waals surface area contributed by atoms with Gasteiger partial charge in [0, 0.05) is 30.8 Å². The van der Waals surface area contributed by atoms with E-state index in [4.69, 9.17) is 4.74 Å². The summed E-state index contributed by atoms with van der Waals surface area (Å²) in [4.78, 5) is 13.3. The molecule has 0 N–H and O–H groups in total. The molecule has 0 aromatic heterocycles. The Labute approximate surface area is 110 Å². The Morgan fingerprint density at radius 2 is 2.17 bits per heavy atom. The fraction of sp³-hybridized carbons (Fsp3) is 0.800. The third-order valence-electron chi connectivity index (χ3n) is 4.96. The lowest BCUT2D eigenvalue weighted by Gasteiger charge is -2.37. The van der Waals surface area contributed by atoms with Gasteiger partial charge in [0.1, 0.15) is 6.29 Å². The maximum atomic E-state index is 10.9. The number of hydrogen-bond acceptors (Lipinski definition) is 3. The third-order valence-corrected chi connectivity index (χ3v) is 4.96. The van der Waals surface area contributed by atoms with Crippen molar-refractivity contribution in [3.05, 3.63) is 11.8 Å². The van der Waals surface area contributed by atoms with E-state index < -0.39 is 0 Å². The largest absolute Gasteiger partial charge is 0.381 e. The Morgan fingerprint density at radius 3 is 2.72 bits per heavy atom. The highest BCUT2D eigenvalue weighted by Gasteiger charge is 2.51. The molecule has 18 heavy (non-hydrogen) atoms. The van der Waals surface area contributed by atoms with Crippen LogP contribution in [0.25, 0.3) is 0 Å². The van der Waals surface area contributed by atoms with E-state index in [1.165, 1.54) is 12.1 Å². The summed E-state index contributed by atoms with van der Waals surface area (Å²) in [6, 6.07) is 0.586. The second-order valence-electron chi connectivity index (χ2n) is 6.04. The first kappa shape index (κ1) is 13.6. The van der Waals surface area contributed by atoms with Crippen molar-refractivity contribution < 1.29 is 9.53 Å². The molecule has 0 amide bonds. The average Bonchev–Trinajstić information content (AvgIpc) is 2.58. The first-order valence-electron chi connectivity index (χ1n) is 7.01. The zero-order chi connectivity index (χ0) is 13.3.